The summed E-state index contributed by atoms with van der Waals surface area (Å²) >= 11 is 0. The number of halogens is 3. The predicted molar refractivity (Wildman–Crippen MR) is 100 cm³/mol. The van der Waals surface area contributed by atoms with Crippen LogP contribution in [0.5, 0.6) is 5.75 Å². The van der Waals surface area contributed by atoms with Gasteiger partial charge in [-0.1, -0.05) is 12.1 Å². The van der Waals surface area contributed by atoms with Crippen molar-refractivity contribution in [3.63, 3.8) is 0 Å². The molecule has 5 nitrogen and oxygen atoms in total. The zero-order valence-corrected chi connectivity index (χ0v) is 15.7. The Labute approximate surface area is 161 Å². The molecule has 0 bridgehead atoms. The minimum atomic E-state index is -4.45. The first-order valence-electron chi connectivity index (χ1n) is 8.59. The Hall–Kier alpha value is -3.03. The van der Waals surface area contributed by atoms with E-state index in [4.69, 9.17) is 4.74 Å². The normalized spacial score (nSPS) is 11.2. The third kappa shape index (κ3) is 5.73. The Kier molecular flexibility index (Phi) is 6.66. The number of amides is 2. The van der Waals surface area contributed by atoms with Crippen molar-refractivity contribution in [3.8, 4) is 5.75 Å². The second-order valence-corrected chi connectivity index (χ2v) is 6.36. The van der Waals surface area contributed by atoms with E-state index in [1.807, 2.05) is 13.8 Å². The number of anilines is 2. The molecule has 0 aliphatic heterocycles. The Bertz CT molecular complexity index is 833. The molecule has 0 atom stereocenters. The molecule has 8 heteroatoms. The van der Waals surface area contributed by atoms with Crippen LogP contribution in [-0.2, 0) is 15.8 Å². The molecule has 0 aliphatic rings. The van der Waals surface area contributed by atoms with E-state index in [1.54, 1.807) is 24.3 Å². The van der Waals surface area contributed by atoms with E-state index in [9.17, 15) is 22.8 Å². The number of carbonyl (C=O) groups is 2. The summed E-state index contributed by atoms with van der Waals surface area (Å²) in [6.45, 7) is 4.69. The van der Waals surface area contributed by atoms with Crippen molar-refractivity contribution >= 4 is 23.2 Å². The van der Waals surface area contributed by atoms with Crippen LogP contribution in [0, 0.1) is 0 Å². The highest BCUT2D eigenvalue weighted by molar-refractivity contribution is 6.02. The van der Waals surface area contributed by atoms with Crippen LogP contribution >= 0.6 is 0 Å². The third-order valence-corrected chi connectivity index (χ3v) is 3.70. The number of alkyl halides is 3. The van der Waals surface area contributed by atoms with Crippen LogP contribution in [0.4, 0.5) is 24.5 Å². The number of nitrogens with zero attached hydrogens (tertiary/aromatic N) is 1. The summed E-state index contributed by atoms with van der Waals surface area (Å²) in [5, 5.41) is 2.49. The summed E-state index contributed by atoms with van der Waals surface area (Å²) in [6, 6.07) is 10.9. The van der Waals surface area contributed by atoms with Crippen molar-refractivity contribution in [2.24, 2.45) is 0 Å². The van der Waals surface area contributed by atoms with Gasteiger partial charge in [-0.05, 0) is 50.2 Å². The van der Waals surface area contributed by atoms with E-state index in [2.05, 4.69) is 5.32 Å². The molecule has 2 aromatic carbocycles. The maximum absolute atomic E-state index is 12.6. The average molecular weight is 394 g/mol. The zero-order valence-electron chi connectivity index (χ0n) is 15.7. The highest BCUT2D eigenvalue weighted by Crippen LogP contribution is 2.30. The molecule has 1 N–H and O–H groups in total. The van der Waals surface area contributed by atoms with Crippen LogP contribution in [-0.4, -0.2) is 24.5 Å². The SMILES string of the molecule is CC(=O)N(CC(=O)Nc1ccc(C(F)(F)F)cc1)c1ccccc1OC(C)C. The molecule has 0 spiro atoms. The van der Waals surface area contributed by atoms with Crippen molar-refractivity contribution < 1.29 is 27.5 Å². The maximum atomic E-state index is 12.6. The van der Waals surface area contributed by atoms with Crippen molar-refractivity contribution in [2.45, 2.75) is 33.1 Å². The number of hydrogen-bond acceptors (Lipinski definition) is 3. The van der Waals surface area contributed by atoms with E-state index >= 15 is 0 Å². The molecular formula is C20H21F3N2O3. The fourth-order valence-corrected chi connectivity index (χ4v) is 2.49. The lowest BCUT2D eigenvalue weighted by molar-refractivity contribution is -0.137. The van der Waals surface area contributed by atoms with Crippen LogP contribution in [0.1, 0.15) is 26.3 Å². The molecule has 0 saturated carbocycles. The molecule has 150 valence electrons. The largest absolute Gasteiger partial charge is 0.489 e. The summed E-state index contributed by atoms with van der Waals surface area (Å²) in [5.74, 6) is -0.466. The molecule has 0 saturated heterocycles. The quantitative estimate of drug-likeness (QED) is 0.786. The number of benzene rings is 2. The predicted octanol–water partition coefficient (Wildman–Crippen LogP) is 4.48. The first kappa shape index (κ1) is 21.3. The van der Waals surface area contributed by atoms with Crippen molar-refractivity contribution in [3.05, 3.63) is 54.1 Å². The molecule has 0 aromatic heterocycles. The Morgan fingerprint density at radius 2 is 1.68 bits per heavy atom. The minimum Gasteiger partial charge on any atom is -0.489 e. The molecule has 0 aliphatic carbocycles. The lowest BCUT2D eigenvalue weighted by Crippen LogP contribution is -2.37. The molecule has 2 amide bonds. The van der Waals surface area contributed by atoms with Gasteiger partial charge < -0.3 is 10.1 Å². The molecule has 0 heterocycles. The summed E-state index contributed by atoms with van der Waals surface area (Å²) in [4.78, 5) is 25.7. The first-order chi connectivity index (χ1) is 13.1. The monoisotopic (exact) mass is 394 g/mol. The van der Waals surface area contributed by atoms with Gasteiger partial charge in [0.05, 0.1) is 17.4 Å². The highest BCUT2D eigenvalue weighted by atomic mass is 19.4. The second-order valence-electron chi connectivity index (χ2n) is 6.36. The first-order valence-corrected chi connectivity index (χ1v) is 8.59. The van der Waals surface area contributed by atoms with Gasteiger partial charge in [0, 0.05) is 12.6 Å². The standard InChI is InChI=1S/C20H21F3N2O3/c1-13(2)28-18-7-5-4-6-17(18)25(14(3)26)12-19(27)24-16-10-8-15(9-11-16)20(21,22)23/h4-11,13H,12H2,1-3H3,(H,24,27). The minimum absolute atomic E-state index is 0.129. The van der Waals surface area contributed by atoms with Crippen LogP contribution < -0.4 is 15.0 Å². The van der Waals surface area contributed by atoms with Crippen LogP contribution in [0.2, 0.25) is 0 Å². The van der Waals surface area contributed by atoms with Gasteiger partial charge in [0.15, 0.2) is 0 Å². The molecule has 0 fully saturated rings. The molecule has 0 radical (unpaired) electrons. The van der Waals surface area contributed by atoms with E-state index in [1.165, 1.54) is 11.8 Å². The van der Waals surface area contributed by atoms with E-state index in [0.717, 1.165) is 24.3 Å². The number of hydrogen-bond donors (Lipinski definition) is 1. The highest BCUT2D eigenvalue weighted by Gasteiger charge is 2.30. The van der Waals surface area contributed by atoms with Gasteiger partial charge in [0.1, 0.15) is 12.3 Å². The zero-order chi connectivity index (χ0) is 20.9. The van der Waals surface area contributed by atoms with Gasteiger partial charge in [-0.15, -0.1) is 0 Å². The average Bonchev–Trinajstić information content (AvgIpc) is 2.59. The number of carbonyl (C=O) groups excluding carboxylic acids is 2. The summed E-state index contributed by atoms with van der Waals surface area (Å²) in [6.07, 6.45) is -4.58. The lowest BCUT2D eigenvalue weighted by Gasteiger charge is -2.24. The van der Waals surface area contributed by atoms with Gasteiger partial charge in [-0.25, -0.2) is 0 Å². The topological polar surface area (TPSA) is 58.6 Å². The van der Waals surface area contributed by atoms with Gasteiger partial charge >= 0.3 is 6.18 Å². The van der Waals surface area contributed by atoms with E-state index in [0.29, 0.717) is 11.4 Å². The lowest BCUT2D eigenvalue weighted by atomic mass is 10.2. The second kappa shape index (κ2) is 8.77. The van der Waals surface area contributed by atoms with Gasteiger partial charge in [0.2, 0.25) is 11.8 Å². The Balaban J connectivity index is 2.15. The fraction of sp³-hybridized carbons (Fsp3) is 0.300. The Morgan fingerprint density at radius 1 is 1.07 bits per heavy atom. The summed E-state index contributed by atoms with van der Waals surface area (Å²) in [5.41, 5.74) is -0.171. The van der Waals surface area contributed by atoms with Crippen LogP contribution in [0.15, 0.2) is 48.5 Å². The van der Waals surface area contributed by atoms with E-state index in [-0.39, 0.29) is 24.2 Å². The smallest absolute Gasteiger partial charge is 0.416 e. The van der Waals surface area contributed by atoms with Gasteiger partial charge in [-0.3, -0.25) is 14.5 Å². The molecule has 2 rings (SSSR count). The maximum Gasteiger partial charge on any atom is 0.416 e. The summed E-state index contributed by atoms with van der Waals surface area (Å²) < 4.78 is 43.5. The molecule has 0 unspecified atom stereocenters. The van der Waals surface area contributed by atoms with Crippen molar-refractivity contribution in [2.75, 3.05) is 16.8 Å². The van der Waals surface area contributed by atoms with Gasteiger partial charge in [-0.2, -0.15) is 13.2 Å². The van der Waals surface area contributed by atoms with E-state index < -0.39 is 17.6 Å². The Morgan fingerprint density at radius 3 is 2.21 bits per heavy atom. The number of para-hydroxylation sites is 2. The third-order valence-electron chi connectivity index (χ3n) is 3.70. The molecule has 2 aromatic rings. The number of ether oxygens (including phenoxy) is 1. The summed E-state index contributed by atoms with van der Waals surface area (Å²) in [7, 11) is 0. The number of rotatable bonds is 6. The number of nitrogens with one attached hydrogen (secondary N) is 1. The van der Waals surface area contributed by atoms with Crippen LogP contribution in [0.3, 0.4) is 0 Å². The van der Waals surface area contributed by atoms with Crippen LogP contribution in [0.25, 0.3) is 0 Å². The fourth-order valence-electron chi connectivity index (χ4n) is 2.49. The molecule has 28 heavy (non-hydrogen) atoms. The molecular weight excluding hydrogens is 373 g/mol. The van der Waals surface area contributed by atoms with Crippen molar-refractivity contribution in [1.29, 1.82) is 0 Å². The van der Waals surface area contributed by atoms with Crippen molar-refractivity contribution in [1.82, 2.24) is 0 Å². The van der Waals surface area contributed by atoms with Gasteiger partial charge in [0.25, 0.3) is 0 Å².